The summed E-state index contributed by atoms with van der Waals surface area (Å²) in [6.07, 6.45) is 0. The van der Waals surface area contributed by atoms with Crippen LogP contribution in [0.2, 0.25) is 0 Å². The average molecular weight is 347 g/mol. The van der Waals surface area contributed by atoms with Crippen LogP contribution in [0.4, 0.5) is 8.78 Å². The van der Waals surface area contributed by atoms with Crippen molar-refractivity contribution in [1.29, 1.82) is 0 Å². The second-order valence-corrected chi connectivity index (χ2v) is 5.85. The molecule has 1 amide bonds. The fourth-order valence-electron chi connectivity index (χ4n) is 2.22. The summed E-state index contributed by atoms with van der Waals surface area (Å²) < 4.78 is 28.3. The number of hydrogen-bond donors (Lipinski definition) is 1. The number of amides is 1. The number of benzene rings is 2. The van der Waals surface area contributed by atoms with E-state index in [0.29, 0.717) is 11.6 Å². The largest absolute Gasteiger partial charge is 0.369 e. The van der Waals surface area contributed by atoms with Crippen LogP contribution in [0.25, 0.3) is 16.6 Å². The van der Waals surface area contributed by atoms with E-state index in [0.717, 1.165) is 28.5 Å². The molecule has 24 heavy (non-hydrogen) atoms. The van der Waals surface area contributed by atoms with Gasteiger partial charge in [-0.1, -0.05) is 23.9 Å². The van der Waals surface area contributed by atoms with Crippen LogP contribution in [-0.2, 0) is 4.79 Å². The number of nitrogens with zero attached hydrogens (tertiary/aromatic N) is 2. The van der Waals surface area contributed by atoms with E-state index in [-0.39, 0.29) is 22.0 Å². The molecule has 0 aliphatic carbocycles. The molecule has 0 bridgehead atoms. The highest BCUT2D eigenvalue weighted by molar-refractivity contribution is 7.99. The van der Waals surface area contributed by atoms with Crippen molar-refractivity contribution in [3.8, 4) is 5.69 Å². The molecule has 8 heteroatoms. The molecule has 0 saturated carbocycles. The zero-order valence-corrected chi connectivity index (χ0v) is 13.0. The normalized spacial score (nSPS) is 10.9. The number of fused-ring (bicyclic) bond motifs is 1. The summed E-state index contributed by atoms with van der Waals surface area (Å²) in [6.45, 7) is 0. The van der Waals surface area contributed by atoms with Gasteiger partial charge in [-0.05, 0) is 24.3 Å². The molecule has 0 atom stereocenters. The van der Waals surface area contributed by atoms with Crippen LogP contribution in [-0.4, -0.2) is 21.2 Å². The van der Waals surface area contributed by atoms with E-state index in [1.54, 1.807) is 24.3 Å². The number of thioether (sulfide) groups is 1. The molecule has 122 valence electrons. The molecule has 1 aromatic heterocycles. The Hall–Kier alpha value is -2.74. The van der Waals surface area contributed by atoms with E-state index in [9.17, 15) is 18.4 Å². The molecule has 2 aromatic carbocycles. The summed E-state index contributed by atoms with van der Waals surface area (Å²) in [7, 11) is 0. The Morgan fingerprint density at radius 1 is 1.21 bits per heavy atom. The molecule has 1 heterocycles. The number of aromatic nitrogens is 2. The van der Waals surface area contributed by atoms with E-state index in [1.807, 2.05) is 0 Å². The molecule has 2 N–H and O–H groups in total. The highest BCUT2D eigenvalue weighted by atomic mass is 32.2. The molecule has 5 nitrogen and oxygen atoms in total. The van der Waals surface area contributed by atoms with E-state index in [2.05, 4.69) is 4.98 Å². The summed E-state index contributed by atoms with van der Waals surface area (Å²) in [5.41, 5.74) is 4.88. The van der Waals surface area contributed by atoms with Crippen LogP contribution in [0.15, 0.2) is 52.4 Å². The lowest BCUT2D eigenvalue weighted by molar-refractivity contribution is -0.115. The summed E-state index contributed by atoms with van der Waals surface area (Å²) in [4.78, 5) is 28.1. The van der Waals surface area contributed by atoms with Crippen molar-refractivity contribution in [1.82, 2.24) is 9.55 Å². The molecule has 0 spiro atoms. The highest BCUT2D eigenvalue weighted by Gasteiger charge is 2.17. The Balaban J connectivity index is 2.30. The minimum absolute atomic E-state index is 0.100. The van der Waals surface area contributed by atoms with Gasteiger partial charge in [-0.15, -0.1) is 0 Å². The van der Waals surface area contributed by atoms with E-state index < -0.39 is 23.1 Å². The molecule has 0 aliphatic heterocycles. The first-order valence-corrected chi connectivity index (χ1v) is 7.84. The Labute approximate surface area is 139 Å². The first-order valence-electron chi connectivity index (χ1n) is 6.85. The predicted molar refractivity (Wildman–Crippen MR) is 87.2 cm³/mol. The molecular weight excluding hydrogens is 336 g/mol. The molecule has 3 aromatic rings. The van der Waals surface area contributed by atoms with Crippen LogP contribution in [0.3, 0.4) is 0 Å². The zero-order chi connectivity index (χ0) is 17.3. The topological polar surface area (TPSA) is 78.0 Å². The van der Waals surface area contributed by atoms with Gasteiger partial charge in [-0.2, -0.15) is 0 Å². The quantitative estimate of drug-likeness (QED) is 0.580. The monoisotopic (exact) mass is 347 g/mol. The Kier molecular flexibility index (Phi) is 4.30. The number of nitrogens with two attached hydrogens (primary N) is 1. The Morgan fingerprint density at radius 2 is 1.96 bits per heavy atom. The third kappa shape index (κ3) is 3.00. The zero-order valence-electron chi connectivity index (χ0n) is 12.2. The van der Waals surface area contributed by atoms with Crippen molar-refractivity contribution in [2.45, 2.75) is 5.16 Å². The Bertz CT molecular complexity index is 1000. The van der Waals surface area contributed by atoms with E-state index >= 15 is 0 Å². The fourth-order valence-corrected chi connectivity index (χ4v) is 2.96. The van der Waals surface area contributed by atoms with Crippen LogP contribution in [0.1, 0.15) is 0 Å². The lowest BCUT2D eigenvalue weighted by Crippen LogP contribution is -2.23. The van der Waals surface area contributed by atoms with E-state index in [1.165, 1.54) is 0 Å². The Morgan fingerprint density at radius 3 is 2.67 bits per heavy atom. The summed E-state index contributed by atoms with van der Waals surface area (Å²) >= 11 is 0.909. The molecule has 3 rings (SSSR count). The highest BCUT2D eigenvalue weighted by Crippen LogP contribution is 2.23. The van der Waals surface area contributed by atoms with Gasteiger partial charge in [0.15, 0.2) is 5.16 Å². The first-order chi connectivity index (χ1) is 11.5. The van der Waals surface area contributed by atoms with Crippen molar-refractivity contribution in [2.75, 3.05) is 5.75 Å². The number of primary amides is 1. The number of carbonyl (C=O) groups is 1. The van der Waals surface area contributed by atoms with Gasteiger partial charge in [0.1, 0.15) is 11.6 Å². The lowest BCUT2D eigenvalue weighted by atomic mass is 10.2. The lowest BCUT2D eigenvalue weighted by Gasteiger charge is -2.13. The van der Waals surface area contributed by atoms with Crippen molar-refractivity contribution >= 4 is 28.6 Å². The van der Waals surface area contributed by atoms with Gasteiger partial charge in [-0.3, -0.25) is 14.2 Å². The van der Waals surface area contributed by atoms with Crippen molar-refractivity contribution in [3.05, 3.63) is 64.5 Å². The first kappa shape index (κ1) is 16.1. The molecule has 0 saturated heterocycles. The minimum Gasteiger partial charge on any atom is -0.369 e. The molecule has 0 unspecified atom stereocenters. The smallest absolute Gasteiger partial charge is 0.266 e. The van der Waals surface area contributed by atoms with Crippen molar-refractivity contribution < 1.29 is 13.6 Å². The van der Waals surface area contributed by atoms with Gasteiger partial charge in [0.2, 0.25) is 5.91 Å². The number of carbonyl (C=O) groups excluding carboxylic acids is 1. The standard InChI is InChI=1S/C16H11F2N3O2S/c17-9-5-6-13(11(18)7-9)21-15(23)10-3-1-2-4-12(10)20-16(21)24-8-14(19)22/h1-7H,8H2,(H2,19,22). The second-order valence-electron chi connectivity index (χ2n) is 4.90. The molecule has 0 fully saturated rings. The van der Waals surface area contributed by atoms with Crippen molar-refractivity contribution in [2.24, 2.45) is 5.73 Å². The molecule has 0 radical (unpaired) electrons. The third-order valence-corrected chi connectivity index (χ3v) is 4.20. The predicted octanol–water partition coefficient (Wildman–Crippen LogP) is 2.24. The van der Waals surface area contributed by atoms with Gasteiger partial charge < -0.3 is 5.73 Å². The number of para-hydroxylation sites is 1. The SMILES string of the molecule is NC(=O)CSc1nc2ccccc2c(=O)n1-c1ccc(F)cc1F. The van der Waals surface area contributed by atoms with Crippen LogP contribution >= 0.6 is 11.8 Å². The summed E-state index contributed by atoms with van der Waals surface area (Å²) in [6, 6.07) is 9.44. The van der Waals surface area contributed by atoms with Gasteiger partial charge in [0.25, 0.3) is 5.56 Å². The fraction of sp³-hybridized carbons (Fsp3) is 0.0625. The number of halogens is 2. The van der Waals surface area contributed by atoms with Crippen molar-refractivity contribution in [3.63, 3.8) is 0 Å². The minimum atomic E-state index is -0.907. The van der Waals surface area contributed by atoms with Gasteiger partial charge in [-0.25, -0.2) is 13.8 Å². The summed E-state index contributed by atoms with van der Waals surface area (Å²) in [5, 5.41) is 0.382. The maximum atomic E-state index is 14.2. The van der Waals surface area contributed by atoms with Gasteiger partial charge in [0.05, 0.1) is 22.3 Å². The molecule has 0 aliphatic rings. The van der Waals surface area contributed by atoms with Crippen LogP contribution < -0.4 is 11.3 Å². The number of hydrogen-bond acceptors (Lipinski definition) is 4. The maximum Gasteiger partial charge on any atom is 0.266 e. The van der Waals surface area contributed by atoms with Crippen LogP contribution in [0.5, 0.6) is 0 Å². The summed E-state index contributed by atoms with van der Waals surface area (Å²) in [5.74, 6) is -2.40. The van der Waals surface area contributed by atoms with Crippen LogP contribution in [0, 0.1) is 11.6 Å². The molecular formula is C16H11F2N3O2S. The van der Waals surface area contributed by atoms with Gasteiger partial charge in [0, 0.05) is 6.07 Å². The third-order valence-electron chi connectivity index (χ3n) is 3.24. The maximum absolute atomic E-state index is 14.2. The second kappa shape index (κ2) is 6.40. The number of rotatable bonds is 4. The van der Waals surface area contributed by atoms with Gasteiger partial charge >= 0.3 is 0 Å². The average Bonchev–Trinajstić information content (AvgIpc) is 2.54. The van der Waals surface area contributed by atoms with E-state index in [4.69, 9.17) is 5.73 Å².